The summed E-state index contributed by atoms with van der Waals surface area (Å²) in [5, 5.41) is 3.12. The number of rotatable bonds is 10. The van der Waals surface area contributed by atoms with Gasteiger partial charge in [-0.15, -0.1) is 0 Å². The van der Waals surface area contributed by atoms with E-state index in [-0.39, 0.29) is 6.61 Å². The van der Waals surface area contributed by atoms with Crippen LogP contribution in [0.1, 0.15) is 5.56 Å². The normalized spacial score (nSPS) is 10.7. The molecule has 1 rings (SSSR count). The molecule has 0 fully saturated rings. The molecule has 0 unspecified atom stereocenters. The summed E-state index contributed by atoms with van der Waals surface area (Å²) in [7, 11) is 0. The number of para-hydroxylation sites is 1. The first-order valence-electron chi connectivity index (χ1n) is 6.12. The van der Waals surface area contributed by atoms with Crippen molar-refractivity contribution in [2.75, 3.05) is 26.4 Å². The Morgan fingerprint density at radius 3 is 2.84 bits per heavy atom. The fourth-order valence-corrected chi connectivity index (χ4v) is 1.48. The van der Waals surface area contributed by atoms with E-state index in [0.29, 0.717) is 19.7 Å². The molecule has 1 N–H and O–H groups in total. The zero-order chi connectivity index (χ0) is 13.9. The maximum atomic E-state index is 11.8. The highest BCUT2D eigenvalue weighted by atomic mass is 19.3. The summed E-state index contributed by atoms with van der Waals surface area (Å²) in [6, 6.07) is 7.65. The molecule has 0 bridgehead atoms. The van der Waals surface area contributed by atoms with Crippen LogP contribution >= 0.6 is 0 Å². The summed E-state index contributed by atoms with van der Waals surface area (Å²) in [4.78, 5) is 0. The van der Waals surface area contributed by atoms with E-state index >= 15 is 0 Å². The van der Waals surface area contributed by atoms with Crippen molar-refractivity contribution in [1.29, 1.82) is 0 Å². The second-order valence-corrected chi connectivity index (χ2v) is 3.85. The molecule has 0 radical (unpaired) electrons. The van der Waals surface area contributed by atoms with E-state index in [2.05, 4.69) is 11.9 Å². The third-order valence-corrected chi connectivity index (χ3v) is 2.31. The van der Waals surface area contributed by atoms with Gasteiger partial charge < -0.3 is 14.8 Å². The van der Waals surface area contributed by atoms with E-state index in [1.165, 1.54) is 0 Å². The van der Waals surface area contributed by atoms with Crippen molar-refractivity contribution < 1.29 is 18.3 Å². The van der Waals surface area contributed by atoms with Crippen LogP contribution < -0.4 is 10.1 Å². The second kappa shape index (κ2) is 9.47. The van der Waals surface area contributed by atoms with Crippen LogP contribution in [0.4, 0.5) is 8.78 Å². The average molecular weight is 271 g/mol. The fraction of sp³-hybridized carbons (Fsp3) is 0.429. The summed E-state index contributed by atoms with van der Waals surface area (Å²) in [6.45, 7) is 4.92. The van der Waals surface area contributed by atoms with Crippen LogP contribution in [-0.4, -0.2) is 32.8 Å². The van der Waals surface area contributed by atoms with E-state index in [4.69, 9.17) is 9.47 Å². The van der Waals surface area contributed by atoms with Gasteiger partial charge in [0.2, 0.25) is 0 Å². The predicted molar refractivity (Wildman–Crippen MR) is 70.7 cm³/mol. The Hall–Kier alpha value is -1.46. The Morgan fingerprint density at radius 2 is 2.11 bits per heavy atom. The summed E-state index contributed by atoms with van der Waals surface area (Å²) < 4.78 is 33.9. The quantitative estimate of drug-likeness (QED) is 0.524. The molecular formula is C14H19F2NO2. The lowest BCUT2D eigenvalue weighted by Crippen LogP contribution is -2.21. The Labute approximate surface area is 112 Å². The van der Waals surface area contributed by atoms with Crippen LogP contribution in [0.2, 0.25) is 0 Å². The van der Waals surface area contributed by atoms with Gasteiger partial charge in [-0.05, 0) is 6.07 Å². The van der Waals surface area contributed by atoms with E-state index in [1.54, 1.807) is 6.08 Å². The van der Waals surface area contributed by atoms with Gasteiger partial charge >= 0.3 is 0 Å². The summed E-state index contributed by atoms with van der Waals surface area (Å²) in [6.07, 6.45) is -0.726. The van der Waals surface area contributed by atoms with Gasteiger partial charge in [-0.1, -0.05) is 30.9 Å². The molecule has 0 aromatic heterocycles. The van der Waals surface area contributed by atoms with Crippen LogP contribution in [0, 0.1) is 0 Å². The summed E-state index contributed by atoms with van der Waals surface area (Å²) >= 11 is 0. The molecule has 19 heavy (non-hydrogen) atoms. The predicted octanol–water partition coefficient (Wildman–Crippen LogP) is 2.62. The third-order valence-electron chi connectivity index (χ3n) is 2.31. The molecule has 1 aromatic rings. The number of hydrogen-bond donors (Lipinski definition) is 1. The lowest BCUT2D eigenvalue weighted by Gasteiger charge is -2.11. The molecule has 0 atom stereocenters. The zero-order valence-corrected chi connectivity index (χ0v) is 10.8. The molecule has 0 saturated carbocycles. The molecule has 106 valence electrons. The molecule has 1 aromatic carbocycles. The molecule has 0 saturated heterocycles. The van der Waals surface area contributed by atoms with E-state index < -0.39 is 13.0 Å². The highest BCUT2D eigenvalue weighted by Gasteiger charge is 2.03. The SMILES string of the molecule is C=CCOc1ccccc1CNCCOCC(F)F. The number of benzene rings is 1. The Bertz CT molecular complexity index is 372. The minimum atomic E-state index is -2.41. The average Bonchev–Trinajstić information content (AvgIpc) is 2.41. The molecule has 0 amide bonds. The number of alkyl halides is 2. The highest BCUT2D eigenvalue weighted by Crippen LogP contribution is 2.17. The third kappa shape index (κ3) is 6.88. The van der Waals surface area contributed by atoms with Gasteiger partial charge in [0.25, 0.3) is 6.43 Å². The van der Waals surface area contributed by atoms with Crippen molar-refractivity contribution >= 4 is 0 Å². The van der Waals surface area contributed by atoms with Gasteiger partial charge in [0.05, 0.1) is 6.61 Å². The van der Waals surface area contributed by atoms with Crippen molar-refractivity contribution in [3.05, 3.63) is 42.5 Å². The molecule has 0 aliphatic heterocycles. The number of halogens is 2. The molecule has 0 spiro atoms. The maximum Gasteiger partial charge on any atom is 0.261 e. The molecule has 0 aliphatic rings. The first-order valence-corrected chi connectivity index (χ1v) is 6.12. The van der Waals surface area contributed by atoms with E-state index in [1.807, 2.05) is 24.3 Å². The van der Waals surface area contributed by atoms with Crippen molar-refractivity contribution in [3.8, 4) is 5.75 Å². The Balaban J connectivity index is 2.26. The van der Waals surface area contributed by atoms with Crippen LogP contribution in [0.15, 0.2) is 36.9 Å². The smallest absolute Gasteiger partial charge is 0.261 e. The second-order valence-electron chi connectivity index (χ2n) is 3.85. The van der Waals surface area contributed by atoms with Gasteiger partial charge in [0.1, 0.15) is 19.0 Å². The van der Waals surface area contributed by atoms with Crippen LogP contribution in [0.5, 0.6) is 5.75 Å². The molecule has 0 aliphatic carbocycles. The summed E-state index contributed by atoms with van der Waals surface area (Å²) in [5.74, 6) is 0.795. The Kier molecular flexibility index (Phi) is 7.77. The van der Waals surface area contributed by atoms with Gasteiger partial charge in [-0.25, -0.2) is 8.78 Å². The van der Waals surface area contributed by atoms with Crippen molar-refractivity contribution in [2.24, 2.45) is 0 Å². The first kappa shape index (κ1) is 15.6. The fourth-order valence-electron chi connectivity index (χ4n) is 1.48. The van der Waals surface area contributed by atoms with Gasteiger partial charge in [-0.2, -0.15) is 0 Å². The molecule has 3 nitrogen and oxygen atoms in total. The maximum absolute atomic E-state index is 11.8. The monoisotopic (exact) mass is 271 g/mol. The molecule has 0 heterocycles. The van der Waals surface area contributed by atoms with E-state index in [0.717, 1.165) is 11.3 Å². The lowest BCUT2D eigenvalue weighted by molar-refractivity contribution is 0.0187. The zero-order valence-electron chi connectivity index (χ0n) is 10.8. The van der Waals surface area contributed by atoms with E-state index in [9.17, 15) is 8.78 Å². The lowest BCUT2D eigenvalue weighted by atomic mass is 10.2. The largest absolute Gasteiger partial charge is 0.489 e. The van der Waals surface area contributed by atoms with Crippen LogP contribution in [-0.2, 0) is 11.3 Å². The van der Waals surface area contributed by atoms with Crippen molar-refractivity contribution in [2.45, 2.75) is 13.0 Å². The number of ether oxygens (including phenoxy) is 2. The first-order chi connectivity index (χ1) is 9.24. The van der Waals surface area contributed by atoms with Crippen molar-refractivity contribution in [3.63, 3.8) is 0 Å². The van der Waals surface area contributed by atoms with Gasteiger partial charge in [0.15, 0.2) is 0 Å². The molecule has 5 heteroatoms. The van der Waals surface area contributed by atoms with Crippen molar-refractivity contribution in [1.82, 2.24) is 5.32 Å². The van der Waals surface area contributed by atoms with Gasteiger partial charge in [-0.3, -0.25) is 0 Å². The Morgan fingerprint density at radius 1 is 1.32 bits per heavy atom. The standard InChI is InChI=1S/C14H19F2NO2/c1-2-8-19-13-6-4-3-5-12(13)10-17-7-9-18-11-14(15)16/h2-6,14,17H,1,7-11H2. The van der Waals surface area contributed by atoms with Crippen LogP contribution in [0.3, 0.4) is 0 Å². The summed E-state index contributed by atoms with van der Waals surface area (Å²) in [5.41, 5.74) is 1.01. The minimum absolute atomic E-state index is 0.264. The van der Waals surface area contributed by atoms with Gasteiger partial charge in [0, 0.05) is 18.7 Å². The number of nitrogens with one attached hydrogen (secondary N) is 1. The topological polar surface area (TPSA) is 30.5 Å². The number of hydrogen-bond acceptors (Lipinski definition) is 3. The van der Waals surface area contributed by atoms with Crippen LogP contribution in [0.25, 0.3) is 0 Å². The molecular weight excluding hydrogens is 252 g/mol. The minimum Gasteiger partial charge on any atom is -0.489 e. The highest BCUT2D eigenvalue weighted by molar-refractivity contribution is 5.33.